The summed E-state index contributed by atoms with van der Waals surface area (Å²) in [6.07, 6.45) is 3.53. The van der Waals surface area contributed by atoms with Gasteiger partial charge in [0.15, 0.2) is 5.78 Å². The molecule has 0 aromatic carbocycles. The lowest BCUT2D eigenvalue weighted by Gasteiger charge is -2.35. The van der Waals surface area contributed by atoms with E-state index in [-0.39, 0.29) is 11.2 Å². The van der Waals surface area contributed by atoms with Crippen molar-refractivity contribution in [2.45, 2.75) is 33.6 Å². The van der Waals surface area contributed by atoms with Crippen LogP contribution in [0.4, 0.5) is 0 Å². The molecular weight excluding hydrogens is 152 g/mol. The zero-order valence-electron chi connectivity index (χ0n) is 8.02. The van der Waals surface area contributed by atoms with Crippen molar-refractivity contribution in [2.75, 3.05) is 6.61 Å². The van der Waals surface area contributed by atoms with E-state index in [1.165, 1.54) is 0 Å². The van der Waals surface area contributed by atoms with Crippen LogP contribution in [0, 0.1) is 5.41 Å². The van der Waals surface area contributed by atoms with Gasteiger partial charge in [-0.3, -0.25) is 4.79 Å². The van der Waals surface area contributed by atoms with Crippen LogP contribution < -0.4 is 0 Å². The highest BCUT2D eigenvalue weighted by Gasteiger charge is 2.44. The molecule has 1 aliphatic carbocycles. The second kappa shape index (κ2) is 3.30. The van der Waals surface area contributed by atoms with Gasteiger partial charge in [0.25, 0.3) is 0 Å². The number of hydrogen-bond acceptors (Lipinski definition) is 2. The van der Waals surface area contributed by atoms with Crippen LogP contribution >= 0.6 is 0 Å². The summed E-state index contributed by atoms with van der Waals surface area (Å²) in [5.41, 5.74) is -0.301. The van der Waals surface area contributed by atoms with Crippen LogP contribution in [0.25, 0.3) is 0 Å². The Balaban J connectivity index is 2.66. The molecule has 2 heteroatoms. The molecule has 12 heavy (non-hydrogen) atoms. The second-order valence-corrected chi connectivity index (χ2v) is 3.39. The Hall–Kier alpha value is -0.790. The van der Waals surface area contributed by atoms with Gasteiger partial charge in [-0.05, 0) is 20.3 Å². The van der Waals surface area contributed by atoms with Gasteiger partial charge < -0.3 is 4.74 Å². The van der Waals surface area contributed by atoms with E-state index in [1.807, 2.05) is 13.8 Å². The SMILES string of the molecule is CCCC1(C)C(=O)C=C1OCC. The minimum Gasteiger partial charge on any atom is -0.497 e. The molecule has 0 spiro atoms. The number of carbonyl (C=O) groups is 1. The molecule has 0 radical (unpaired) electrons. The number of rotatable bonds is 4. The number of hydrogen-bond donors (Lipinski definition) is 0. The first-order valence-electron chi connectivity index (χ1n) is 4.54. The van der Waals surface area contributed by atoms with E-state index >= 15 is 0 Å². The molecule has 1 rings (SSSR count). The summed E-state index contributed by atoms with van der Waals surface area (Å²) in [6, 6.07) is 0. The smallest absolute Gasteiger partial charge is 0.172 e. The lowest BCUT2D eigenvalue weighted by atomic mass is 9.71. The van der Waals surface area contributed by atoms with Gasteiger partial charge in [0, 0.05) is 6.08 Å². The first kappa shape index (κ1) is 9.30. The number of allylic oxidation sites excluding steroid dienone is 2. The summed E-state index contributed by atoms with van der Waals surface area (Å²) in [5, 5.41) is 0. The zero-order valence-corrected chi connectivity index (χ0v) is 8.02. The van der Waals surface area contributed by atoms with Crippen LogP contribution in [0.3, 0.4) is 0 Å². The van der Waals surface area contributed by atoms with Gasteiger partial charge in [0.2, 0.25) is 0 Å². The molecule has 68 valence electrons. The van der Waals surface area contributed by atoms with Gasteiger partial charge in [0.1, 0.15) is 5.76 Å². The van der Waals surface area contributed by atoms with E-state index in [9.17, 15) is 4.79 Å². The van der Waals surface area contributed by atoms with Crippen molar-refractivity contribution in [3.8, 4) is 0 Å². The molecule has 0 fully saturated rings. The Morgan fingerprint density at radius 3 is 2.58 bits per heavy atom. The summed E-state index contributed by atoms with van der Waals surface area (Å²) >= 11 is 0. The third-order valence-corrected chi connectivity index (χ3v) is 2.40. The van der Waals surface area contributed by atoms with E-state index in [0.29, 0.717) is 6.61 Å². The van der Waals surface area contributed by atoms with Crippen LogP contribution in [0.5, 0.6) is 0 Å². The van der Waals surface area contributed by atoms with Gasteiger partial charge in [-0.1, -0.05) is 13.3 Å². The fourth-order valence-electron chi connectivity index (χ4n) is 1.58. The molecule has 1 unspecified atom stereocenters. The van der Waals surface area contributed by atoms with Gasteiger partial charge in [-0.2, -0.15) is 0 Å². The molecule has 0 aliphatic heterocycles. The summed E-state index contributed by atoms with van der Waals surface area (Å²) in [4.78, 5) is 11.3. The van der Waals surface area contributed by atoms with Gasteiger partial charge in [-0.25, -0.2) is 0 Å². The number of ether oxygens (including phenoxy) is 1. The Morgan fingerprint density at radius 2 is 2.17 bits per heavy atom. The summed E-state index contributed by atoms with van der Waals surface area (Å²) in [5.74, 6) is 1.09. The van der Waals surface area contributed by atoms with Crippen molar-refractivity contribution in [3.63, 3.8) is 0 Å². The Labute approximate surface area is 73.6 Å². The predicted octanol–water partition coefficient (Wildman–Crippen LogP) is 2.30. The highest BCUT2D eigenvalue weighted by Crippen LogP contribution is 2.41. The zero-order chi connectivity index (χ0) is 9.19. The summed E-state index contributed by atoms with van der Waals surface area (Å²) in [6.45, 7) is 6.64. The lowest BCUT2D eigenvalue weighted by molar-refractivity contribution is -0.127. The maximum absolute atomic E-state index is 11.3. The molecule has 1 aliphatic rings. The van der Waals surface area contributed by atoms with Crippen molar-refractivity contribution in [3.05, 3.63) is 11.8 Å². The van der Waals surface area contributed by atoms with Crippen LogP contribution in [-0.2, 0) is 9.53 Å². The molecule has 0 aromatic heterocycles. The number of carbonyl (C=O) groups excluding carboxylic acids is 1. The molecule has 0 aromatic rings. The molecule has 1 atom stereocenters. The van der Waals surface area contributed by atoms with Crippen molar-refractivity contribution in [2.24, 2.45) is 5.41 Å². The first-order valence-corrected chi connectivity index (χ1v) is 4.54. The quantitative estimate of drug-likeness (QED) is 0.643. The standard InChI is InChI=1S/C10H16O2/c1-4-6-10(3)8(11)7-9(10)12-5-2/h7H,4-6H2,1-3H3. The van der Waals surface area contributed by atoms with Crippen LogP contribution in [-0.4, -0.2) is 12.4 Å². The van der Waals surface area contributed by atoms with Crippen molar-refractivity contribution in [1.82, 2.24) is 0 Å². The number of ketones is 1. The Kier molecular flexibility index (Phi) is 2.55. The normalized spacial score (nSPS) is 27.9. The average molecular weight is 168 g/mol. The van der Waals surface area contributed by atoms with Gasteiger partial charge in [0.05, 0.1) is 12.0 Å². The van der Waals surface area contributed by atoms with E-state index in [2.05, 4.69) is 6.92 Å². The Bertz CT molecular complexity index is 218. The molecule has 0 saturated carbocycles. The maximum atomic E-state index is 11.3. The van der Waals surface area contributed by atoms with E-state index in [4.69, 9.17) is 4.74 Å². The van der Waals surface area contributed by atoms with Gasteiger partial charge >= 0.3 is 0 Å². The lowest BCUT2D eigenvalue weighted by Crippen LogP contribution is -2.38. The largest absolute Gasteiger partial charge is 0.497 e. The van der Waals surface area contributed by atoms with Gasteiger partial charge in [-0.15, -0.1) is 0 Å². The van der Waals surface area contributed by atoms with Crippen LogP contribution in [0.2, 0.25) is 0 Å². The molecule has 0 amide bonds. The van der Waals surface area contributed by atoms with Crippen LogP contribution in [0.1, 0.15) is 33.6 Å². The van der Waals surface area contributed by atoms with Crippen molar-refractivity contribution < 1.29 is 9.53 Å². The minimum absolute atomic E-state index is 0.216. The first-order chi connectivity index (χ1) is 5.65. The van der Waals surface area contributed by atoms with Crippen molar-refractivity contribution in [1.29, 1.82) is 0 Å². The van der Waals surface area contributed by atoms with E-state index in [1.54, 1.807) is 6.08 Å². The molecule has 2 nitrogen and oxygen atoms in total. The van der Waals surface area contributed by atoms with Crippen molar-refractivity contribution >= 4 is 5.78 Å². The second-order valence-electron chi connectivity index (χ2n) is 3.39. The highest BCUT2D eigenvalue weighted by atomic mass is 16.5. The third-order valence-electron chi connectivity index (χ3n) is 2.40. The van der Waals surface area contributed by atoms with E-state index < -0.39 is 0 Å². The van der Waals surface area contributed by atoms with Crippen LogP contribution in [0.15, 0.2) is 11.8 Å². The fourth-order valence-corrected chi connectivity index (χ4v) is 1.58. The minimum atomic E-state index is -0.301. The predicted molar refractivity (Wildman–Crippen MR) is 47.7 cm³/mol. The topological polar surface area (TPSA) is 26.3 Å². The molecular formula is C10H16O2. The van der Waals surface area contributed by atoms with E-state index in [0.717, 1.165) is 18.6 Å². The highest BCUT2D eigenvalue weighted by molar-refractivity contribution is 6.03. The molecule has 0 bridgehead atoms. The maximum Gasteiger partial charge on any atom is 0.172 e. The summed E-state index contributed by atoms with van der Waals surface area (Å²) < 4.78 is 5.36. The molecule has 0 N–H and O–H groups in total. The average Bonchev–Trinajstić information content (AvgIpc) is 2.05. The Morgan fingerprint density at radius 1 is 1.50 bits per heavy atom. The monoisotopic (exact) mass is 168 g/mol. The fraction of sp³-hybridized carbons (Fsp3) is 0.700. The third kappa shape index (κ3) is 1.26. The molecule has 0 saturated heterocycles. The summed E-state index contributed by atoms with van der Waals surface area (Å²) in [7, 11) is 0. The molecule has 0 heterocycles.